The Labute approximate surface area is 112 Å². The lowest BCUT2D eigenvalue weighted by Crippen LogP contribution is -2.12. The molecule has 9 nitrogen and oxygen atoms in total. The molecule has 0 aliphatic carbocycles. The number of nitrogens with one attached hydrogen (secondary N) is 2. The molecule has 2 aromatic rings. The first-order valence-corrected chi connectivity index (χ1v) is 5.44. The van der Waals surface area contributed by atoms with Crippen molar-refractivity contribution in [2.24, 2.45) is 0 Å². The Balaban J connectivity index is 2.23. The molecule has 0 fully saturated rings. The number of para-hydroxylation sites is 1. The van der Waals surface area contributed by atoms with Gasteiger partial charge < -0.3 is 0 Å². The Bertz CT molecular complexity index is 647. The predicted octanol–water partition coefficient (Wildman–Crippen LogP) is 2.34. The van der Waals surface area contributed by atoms with E-state index in [1.165, 1.54) is 0 Å². The maximum atomic E-state index is 10.9. The first-order chi connectivity index (χ1) is 9.58. The van der Waals surface area contributed by atoms with Crippen molar-refractivity contribution in [2.45, 2.75) is 0 Å². The largest absolute Gasteiger partial charge is 0.319 e. The summed E-state index contributed by atoms with van der Waals surface area (Å²) in [6, 6.07) is 9.71. The molecular weight excluding hydrogens is 266 g/mol. The first-order valence-electron chi connectivity index (χ1n) is 5.44. The molecule has 2 rings (SSSR count). The lowest BCUT2D eigenvalue weighted by Gasteiger charge is -2.08. The van der Waals surface area contributed by atoms with Crippen LogP contribution in [0.2, 0.25) is 0 Å². The molecule has 1 aromatic carbocycles. The fourth-order valence-electron chi connectivity index (χ4n) is 1.43. The smallest absolute Gasteiger partial charge is 0.299 e. The second kappa shape index (κ2) is 5.61. The van der Waals surface area contributed by atoms with E-state index in [0.717, 1.165) is 12.3 Å². The van der Waals surface area contributed by atoms with Gasteiger partial charge in [-0.1, -0.05) is 18.2 Å². The van der Waals surface area contributed by atoms with E-state index >= 15 is 0 Å². The van der Waals surface area contributed by atoms with Crippen molar-refractivity contribution in [3.05, 3.63) is 62.8 Å². The van der Waals surface area contributed by atoms with E-state index in [4.69, 9.17) is 0 Å². The summed E-state index contributed by atoms with van der Waals surface area (Å²) in [4.78, 5) is 23.7. The highest BCUT2D eigenvalue weighted by atomic mass is 16.6. The van der Waals surface area contributed by atoms with Gasteiger partial charge in [0.25, 0.3) is 5.69 Å². The van der Waals surface area contributed by atoms with Gasteiger partial charge in [0.2, 0.25) is 5.82 Å². The normalized spacial score (nSPS) is 9.80. The van der Waals surface area contributed by atoms with Gasteiger partial charge in [-0.25, -0.2) is 4.98 Å². The molecule has 0 bridgehead atoms. The van der Waals surface area contributed by atoms with Crippen LogP contribution in [-0.4, -0.2) is 14.8 Å². The molecular formula is C11H9N5O4. The average Bonchev–Trinajstić information content (AvgIpc) is 2.45. The van der Waals surface area contributed by atoms with Crippen LogP contribution in [0.4, 0.5) is 22.9 Å². The van der Waals surface area contributed by atoms with Gasteiger partial charge in [-0.2, -0.15) is 0 Å². The number of hydrogen-bond acceptors (Lipinski definition) is 7. The van der Waals surface area contributed by atoms with Crippen LogP contribution in [0, 0.1) is 20.2 Å². The number of nitro groups is 2. The highest BCUT2D eigenvalue weighted by Crippen LogP contribution is 2.26. The highest BCUT2D eigenvalue weighted by molar-refractivity contribution is 5.62. The van der Waals surface area contributed by atoms with Crippen LogP contribution in [0.25, 0.3) is 0 Å². The minimum atomic E-state index is -0.742. The van der Waals surface area contributed by atoms with E-state index in [2.05, 4.69) is 15.8 Å². The quantitative estimate of drug-likeness (QED) is 0.633. The van der Waals surface area contributed by atoms with E-state index in [-0.39, 0.29) is 5.82 Å². The first kappa shape index (κ1) is 13.2. The number of nitrogens with zero attached hydrogens (tertiary/aromatic N) is 3. The van der Waals surface area contributed by atoms with Crippen LogP contribution >= 0.6 is 0 Å². The number of hydrogen-bond donors (Lipinski definition) is 2. The van der Waals surface area contributed by atoms with E-state index in [9.17, 15) is 20.2 Å². The van der Waals surface area contributed by atoms with Gasteiger partial charge in [0.1, 0.15) is 6.20 Å². The summed E-state index contributed by atoms with van der Waals surface area (Å²) in [5.41, 5.74) is 5.01. The van der Waals surface area contributed by atoms with Gasteiger partial charge in [-0.15, -0.1) is 0 Å². The van der Waals surface area contributed by atoms with E-state index in [1.807, 2.05) is 6.07 Å². The molecule has 0 aliphatic rings. The third-order valence-electron chi connectivity index (χ3n) is 2.36. The van der Waals surface area contributed by atoms with Gasteiger partial charge in [-0.05, 0) is 12.1 Å². The molecule has 0 unspecified atom stereocenters. The van der Waals surface area contributed by atoms with Crippen LogP contribution < -0.4 is 10.9 Å². The maximum Gasteiger partial charge on any atom is 0.319 e. The minimum absolute atomic E-state index is 0.107. The molecule has 0 radical (unpaired) electrons. The zero-order valence-corrected chi connectivity index (χ0v) is 10.0. The SMILES string of the molecule is O=[N+]([O-])c1cnc(NNc2ccccc2)c([N+](=O)[O-])c1. The molecule has 9 heteroatoms. The van der Waals surface area contributed by atoms with Crippen LogP contribution in [-0.2, 0) is 0 Å². The zero-order valence-electron chi connectivity index (χ0n) is 10.0. The van der Waals surface area contributed by atoms with Gasteiger partial charge in [0.05, 0.1) is 21.6 Å². The van der Waals surface area contributed by atoms with E-state index in [0.29, 0.717) is 5.69 Å². The summed E-state index contributed by atoms with van der Waals surface area (Å²) in [6.45, 7) is 0. The Morgan fingerprint density at radius 1 is 1.00 bits per heavy atom. The third kappa shape index (κ3) is 2.96. The molecule has 0 amide bonds. The minimum Gasteiger partial charge on any atom is -0.299 e. The molecule has 1 aromatic heterocycles. The van der Waals surface area contributed by atoms with Crippen molar-refractivity contribution in [3.63, 3.8) is 0 Å². The van der Waals surface area contributed by atoms with Gasteiger partial charge in [-0.3, -0.25) is 31.1 Å². The monoisotopic (exact) mass is 275 g/mol. The number of aromatic nitrogens is 1. The Hall–Kier alpha value is -3.23. The van der Waals surface area contributed by atoms with Crippen molar-refractivity contribution < 1.29 is 9.85 Å². The molecule has 2 N–H and O–H groups in total. The summed E-state index contributed by atoms with van der Waals surface area (Å²) in [7, 11) is 0. The Morgan fingerprint density at radius 3 is 2.30 bits per heavy atom. The number of rotatable bonds is 5. The van der Waals surface area contributed by atoms with Crippen molar-refractivity contribution >= 4 is 22.9 Å². The van der Waals surface area contributed by atoms with Crippen LogP contribution in [0.3, 0.4) is 0 Å². The summed E-state index contributed by atoms with van der Waals surface area (Å²) < 4.78 is 0. The molecule has 20 heavy (non-hydrogen) atoms. The summed E-state index contributed by atoms with van der Waals surface area (Å²) in [5.74, 6) is -0.107. The predicted molar refractivity (Wildman–Crippen MR) is 71.2 cm³/mol. The molecule has 1 heterocycles. The van der Waals surface area contributed by atoms with Gasteiger partial charge in [0.15, 0.2) is 0 Å². The van der Waals surface area contributed by atoms with Crippen LogP contribution in [0.1, 0.15) is 0 Å². The van der Waals surface area contributed by atoms with Crippen molar-refractivity contribution in [1.29, 1.82) is 0 Å². The van der Waals surface area contributed by atoms with E-state index in [1.54, 1.807) is 24.3 Å². The lowest BCUT2D eigenvalue weighted by atomic mass is 10.3. The lowest BCUT2D eigenvalue weighted by molar-refractivity contribution is -0.394. The molecule has 0 aliphatic heterocycles. The number of anilines is 2. The summed E-state index contributed by atoms with van der Waals surface area (Å²) >= 11 is 0. The highest BCUT2D eigenvalue weighted by Gasteiger charge is 2.20. The van der Waals surface area contributed by atoms with Crippen molar-refractivity contribution in [2.75, 3.05) is 10.9 Å². The number of benzene rings is 1. The molecule has 0 spiro atoms. The molecule has 102 valence electrons. The zero-order chi connectivity index (χ0) is 14.5. The fraction of sp³-hybridized carbons (Fsp3) is 0. The van der Waals surface area contributed by atoms with Crippen molar-refractivity contribution in [3.8, 4) is 0 Å². The van der Waals surface area contributed by atoms with E-state index < -0.39 is 21.2 Å². The number of pyridine rings is 1. The standard InChI is InChI=1S/C11H9N5O4/c17-15(18)9-6-10(16(19)20)11(12-7-9)14-13-8-4-2-1-3-5-8/h1-7,13H,(H,12,14). The third-order valence-corrected chi connectivity index (χ3v) is 2.36. The van der Waals surface area contributed by atoms with Crippen LogP contribution in [0.5, 0.6) is 0 Å². The van der Waals surface area contributed by atoms with Gasteiger partial charge >= 0.3 is 5.69 Å². The molecule has 0 saturated heterocycles. The summed E-state index contributed by atoms with van der Waals surface area (Å²) in [5, 5.41) is 21.5. The van der Waals surface area contributed by atoms with Gasteiger partial charge in [0, 0.05) is 0 Å². The Morgan fingerprint density at radius 2 is 1.70 bits per heavy atom. The molecule has 0 saturated carbocycles. The Kier molecular flexibility index (Phi) is 3.70. The summed E-state index contributed by atoms with van der Waals surface area (Å²) in [6.07, 6.45) is 0.946. The average molecular weight is 275 g/mol. The molecule has 0 atom stereocenters. The topological polar surface area (TPSA) is 123 Å². The second-order valence-corrected chi connectivity index (χ2v) is 3.69. The maximum absolute atomic E-state index is 10.9. The second-order valence-electron chi connectivity index (χ2n) is 3.69. The number of hydrazine groups is 1. The van der Waals surface area contributed by atoms with Crippen molar-refractivity contribution in [1.82, 2.24) is 4.98 Å². The van der Waals surface area contributed by atoms with Crippen LogP contribution in [0.15, 0.2) is 42.6 Å². The fourth-order valence-corrected chi connectivity index (χ4v) is 1.43.